The summed E-state index contributed by atoms with van der Waals surface area (Å²) in [5.41, 5.74) is 15.2. The number of nitrogens with zero attached hydrogens (tertiary/aromatic N) is 2. The highest BCUT2D eigenvalue weighted by atomic mass is 15.0. The van der Waals surface area contributed by atoms with E-state index < -0.39 is 0 Å². The van der Waals surface area contributed by atoms with E-state index in [0.29, 0.717) is 0 Å². The largest absolute Gasteiger partial charge is 0.309 e. The van der Waals surface area contributed by atoms with Crippen molar-refractivity contribution in [2.45, 2.75) is 85.5 Å². The first-order valence-electron chi connectivity index (χ1n) is 18.5. The maximum Gasteiger partial charge on any atom is 0.0547 e. The van der Waals surface area contributed by atoms with Crippen LogP contribution in [0.1, 0.15) is 84.6 Å². The number of fused-ring (bicyclic) bond motifs is 6. The molecular weight excluding hydrogens is 617 g/mol. The molecule has 0 atom stereocenters. The molecule has 0 amide bonds. The average Bonchev–Trinajstić information content (AvgIpc) is 3.59. The third kappa shape index (κ3) is 5.39. The van der Waals surface area contributed by atoms with Crippen LogP contribution in [0.25, 0.3) is 66.1 Å². The van der Waals surface area contributed by atoms with Gasteiger partial charge in [-0.1, -0.05) is 135 Å². The predicted octanol–water partition coefficient (Wildman–Crippen LogP) is 13.7. The van der Waals surface area contributed by atoms with Crippen LogP contribution in [0.15, 0.2) is 121 Å². The van der Waals surface area contributed by atoms with Crippen molar-refractivity contribution >= 4 is 43.6 Å². The summed E-state index contributed by atoms with van der Waals surface area (Å²) in [4.78, 5) is 0. The normalized spacial score (nSPS) is 12.9. The van der Waals surface area contributed by atoms with Gasteiger partial charge in [-0.05, 0) is 106 Å². The number of hydrogen-bond acceptors (Lipinski definition) is 0. The number of hydrogen-bond donors (Lipinski definition) is 0. The van der Waals surface area contributed by atoms with E-state index in [1.807, 2.05) is 0 Å². The summed E-state index contributed by atoms with van der Waals surface area (Å²) in [6, 6.07) is 45.8. The van der Waals surface area contributed by atoms with Crippen molar-refractivity contribution in [1.82, 2.24) is 9.13 Å². The minimum absolute atomic E-state index is 0.0468. The molecular formula is C49H50N2. The Bertz CT molecular complexity index is 2550. The Morgan fingerprint density at radius 1 is 0.431 bits per heavy atom. The van der Waals surface area contributed by atoms with Crippen molar-refractivity contribution in [3.8, 4) is 22.5 Å². The van der Waals surface area contributed by atoms with Crippen molar-refractivity contribution in [2.75, 3.05) is 0 Å². The van der Waals surface area contributed by atoms with E-state index in [-0.39, 0.29) is 16.2 Å². The number of rotatable bonds is 3. The Labute approximate surface area is 303 Å². The van der Waals surface area contributed by atoms with Gasteiger partial charge in [0.15, 0.2) is 0 Å². The molecule has 0 spiro atoms. The summed E-state index contributed by atoms with van der Waals surface area (Å²) >= 11 is 0. The van der Waals surface area contributed by atoms with Crippen LogP contribution in [0, 0.1) is 6.92 Å². The second-order valence-electron chi connectivity index (χ2n) is 17.6. The van der Waals surface area contributed by atoms with Gasteiger partial charge in [-0.3, -0.25) is 0 Å². The summed E-state index contributed by atoms with van der Waals surface area (Å²) < 4.78 is 5.03. The van der Waals surface area contributed by atoms with E-state index in [4.69, 9.17) is 0 Å². The number of aromatic nitrogens is 2. The van der Waals surface area contributed by atoms with Gasteiger partial charge in [0.05, 0.1) is 27.8 Å². The lowest BCUT2D eigenvalue weighted by atomic mass is 9.81. The molecule has 0 radical (unpaired) electrons. The van der Waals surface area contributed by atoms with Gasteiger partial charge < -0.3 is 9.13 Å². The molecule has 8 rings (SSSR count). The van der Waals surface area contributed by atoms with Crippen LogP contribution >= 0.6 is 0 Å². The van der Waals surface area contributed by atoms with Crippen LogP contribution < -0.4 is 0 Å². The third-order valence-electron chi connectivity index (χ3n) is 10.8. The summed E-state index contributed by atoms with van der Waals surface area (Å²) in [5, 5.41) is 5.26. The first-order valence-corrected chi connectivity index (χ1v) is 18.5. The van der Waals surface area contributed by atoms with Crippen LogP contribution in [0.5, 0.6) is 0 Å². The minimum Gasteiger partial charge on any atom is -0.309 e. The van der Waals surface area contributed by atoms with Gasteiger partial charge in [0.1, 0.15) is 0 Å². The molecule has 8 aromatic rings. The lowest BCUT2D eigenvalue weighted by molar-refractivity contribution is 0.590. The Kier molecular flexibility index (Phi) is 7.44. The standard InChI is InChI=1S/C49H50N2/c1-31-16-14-17-32(28-31)36-20-15-21-41-44(36)45-42(50(41)35-18-12-11-13-19-35)26-27-43(46(45)49(8,9)10)51-39-24-22-33(47(2,3)4)29-37(39)38-30-34(48(5,6)7)23-25-40(38)51/h11-30H,1-10H3. The van der Waals surface area contributed by atoms with E-state index in [0.717, 1.165) is 0 Å². The Hall–Kier alpha value is -5.08. The van der Waals surface area contributed by atoms with Crippen molar-refractivity contribution in [3.05, 3.63) is 144 Å². The average molecular weight is 667 g/mol. The molecule has 0 bridgehead atoms. The van der Waals surface area contributed by atoms with Crippen molar-refractivity contribution in [1.29, 1.82) is 0 Å². The maximum atomic E-state index is 2.56. The second kappa shape index (κ2) is 11.5. The number of aryl methyl sites for hydroxylation is 1. The molecule has 0 aliphatic rings. The summed E-state index contributed by atoms with van der Waals surface area (Å²) in [6.07, 6.45) is 0. The van der Waals surface area contributed by atoms with Crippen molar-refractivity contribution < 1.29 is 0 Å². The van der Waals surface area contributed by atoms with Crippen molar-refractivity contribution in [2.24, 2.45) is 0 Å². The molecule has 2 heterocycles. The molecule has 0 unspecified atom stereocenters. The molecule has 0 aliphatic heterocycles. The number of benzene rings is 6. The fourth-order valence-corrected chi connectivity index (χ4v) is 8.21. The molecule has 0 saturated carbocycles. The summed E-state index contributed by atoms with van der Waals surface area (Å²) in [6.45, 7) is 23.2. The quantitative estimate of drug-likeness (QED) is 0.178. The fraction of sp³-hybridized carbons (Fsp3) is 0.265. The van der Waals surface area contributed by atoms with Gasteiger partial charge in [-0.2, -0.15) is 0 Å². The highest BCUT2D eigenvalue weighted by Gasteiger charge is 2.30. The summed E-state index contributed by atoms with van der Waals surface area (Å²) in [7, 11) is 0. The predicted molar refractivity (Wildman–Crippen MR) is 221 cm³/mol. The molecule has 0 N–H and O–H groups in total. The van der Waals surface area contributed by atoms with Gasteiger partial charge in [-0.15, -0.1) is 0 Å². The minimum atomic E-state index is -0.177. The van der Waals surface area contributed by atoms with Crippen LogP contribution in [0.2, 0.25) is 0 Å². The van der Waals surface area contributed by atoms with E-state index in [9.17, 15) is 0 Å². The summed E-state index contributed by atoms with van der Waals surface area (Å²) in [5.74, 6) is 0. The topological polar surface area (TPSA) is 9.86 Å². The number of para-hydroxylation sites is 1. The van der Waals surface area contributed by atoms with E-state index in [1.54, 1.807) is 0 Å². The first kappa shape index (κ1) is 33.1. The van der Waals surface area contributed by atoms with Gasteiger partial charge in [0.25, 0.3) is 0 Å². The molecule has 256 valence electrons. The Balaban J connectivity index is 1.58. The SMILES string of the molecule is Cc1cccc(-c2cccc3c2c2c(C(C)(C)C)c(-n4c5ccc(C(C)(C)C)cc5c5cc(C(C)(C)C)ccc54)ccc2n3-c2ccccc2)c1. The van der Waals surface area contributed by atoms with Crippen LogP contribution in [-0.2, 0) is 16.2 Å². The smallest absolute Gasteiger partial charge is 0.0547 e. The molecule has 6 aromatic carbocycles. The van der Waals surface area contributed by atoms with E-state index in [2.05, 4.69) is 200 Å². The zero-order chi connectivity index (χ0) is 36.0. The van der Waals surface area contributed by atoms with Crippen LogP contribution in [0.3, 0.4) is 0 Å². The monoisotopic (exact) mass is 666 g/mol. The lowest BCUT2D eigenvalue weighted by Crippen LogP contribution is -2.16. The van der Waals surface area contributed by atoms with Crippen molar-refractivity contribution in [3.63, 3.8) is 0 Å². The third-order valence-corrected chi connectivity index (χ3v) is 10.8. The Morgan fingerprint density at radius 3 is 1.57 bits per heavy atom. The zero-order valence-electron chi connectivity index (χ0n) is 31.9. The highest BCUT2D eigenvalue weighted by molar-refractivity contribution is 6.19. The maximum absolute atomic E-state index is 2.56. The van der Waals surface area contributed by atoms with Gasteiger partial charge in [-0.25, -0.2) is 0 Å². The molecule has 0 aliphatic carbocycles. The van der Waals surface area contributed by atoms with Gasteiger partial charge in [0.2, 0.25) is 0 Å². The molecule has 0 fully saturated rings. The molecule has 2 aromatic heterocycles. The van der Waals surface area contributed by atoms with E-state index >= 15 is 0 Å². The molecule has 51 heavy (non-hydrogen) atoms. The van der Waals surface area contributed by atoms with Crippen LogP contribution in [0.4, 0.5) is 0 Å². The van der Waals surface area contributed by atoms with Crippen LogP contribution in [-0.4, -0.2) is 9.13 Å². The molecule has 2 nitrogen and oxygen atoms in total. The highest BCUT2D eigenvalue weighted by Crippen LogP contribution is 2.47. The van der Waals surface area contributed by atoms with Gasteiger partial charge >= 0.3 is 0 Å². The molecule has 2 heteroatoms. The zero-order valence-corrected chi connectivity index (χ0v) is 31.9. The fourth-order valence-electron chi connectivity index (χ4n) is 8.21. The molecule has 0 saturated heterocycles. The first-order chi connectivity index (χ1) is 24.1. The van der Waals surface area contributed by atoms with Gasteiger partial charge in [0, 0.05) is 27.2 Å². The lowest BCUT2D eigenvalue weighted by Gasteiger charge is -2.26. The van der Waals surface area contributed by atoms with E-state index in [1.165, 1.54) is 88.4 Å². The Morgan fingerprint density at radius 2 is 1.00 bits per heavy atom. The second-order valence-corrected chi connectivity index (χ2v) is 17.6.